The summed E-state index contributed by atoms with van der Waals surface area (Å²) in [7, 11) is 0. The molecule has 40 heavy (non-hydrogen) atoms. The van der Waals surface area contributed by atoms with E-state index in [9.17, 15) is 9.59 Å². The minimum absolute atomic E-state index is 0.0818. The average Bonchev–Trinajstić information content (AvgIpc) is 3.24. The average molecular weight is 563 g/mol. The van der Waals surface area contributed by atoms with Gasteiger partial charge in [0.15, 0.2) is 0 Å². The third-order valence-corrected chi connectivity index (χ3v) is 7.38. The molecule has 1 saturated heterocycles. The Kier molecular flexibility index (Phi) is 7.70. The lowest BCUT2D eigenvalue weighted by molar-refractivity contribution is -0.143. The number of nitrogens with zero attached hydrogens (tertiary/aromatic N) is 5. The number of hydrogen-bond donors (Lipinski definition) is 1. The summed E-state index contributed by atoms with van der Waals surface area (Å²) >= 11 is 6.26. The molecule has 2 N–H and O–H groups in total. The van der Waals surface area contributed by atoms with Gasteiger partial charge < -0.3 is 15.4 Å². The Morgan fingerprint density at radius 2 is 1.90 bits per heavy atom. The first-order valence-electron chi connectivity index (χ1n) is 13.6. The van der Waals surface area contributed by atoms with Gasteiger partial charge in [-0.05, 0) is 69.2 Å². The molecule has 5 rings (SSSR count). The van der Waals surface area contributed by atoms with Gasteiger partial charge in [-0.25, -0.2) is 19.3 Å². The van der Waals surface area contributed by atoms with Gasteiger partial charge in [0.05, 0.1) is 17.1 Å². The molecule has 1 atom stereocenters. The quantitative estimate of drug-likeness (QED) is 0.325. The number of carbonyl (C=O) groups is 2. The van der Waals surface area contributed by atoms with E-state index in [2.05, 4.69) is 21.8 Å². The van der Waals surface area contributed by atoms with Crippen molar-refractivity contribution in [3.05, 3.63) is 65.1 Å². The van der Waals surface area contributed by atoms with Gasteiger partial charge in [-0.15, -0.1) is 0 Å². The predicted octanol–water partition coefficient (Wildman–Crippen LogP) is 5.62. The number of ether oxygens (including phenoxy) is 1. The number of nitrogens with two attached hydrogens (primary N) is 1. The Labute approximate surface area is 238 Å². The van der Waals surface area contributed by atoms with E-state index in [0.29, 0.717) is 37.0 Å². The Morgan fingerprint density at radius 1 is 1.10 bits per heavy atom. The highest BCUT2D eigenvalue weighted by atomic mass is 35.5. The minimum atomic E-state index is -0.649. The van der Waals surface area contributed by atoms with Gasteiger partial charge in [-0.1, -0.05) is 31.0 Å². The topological polar surface area (TPSA) is 107 Å². The summed E-state index contributed by atoms with van der Waals surface area (Å²) in [6, 6.07) is 13.0. The van der Waals surface area contributed by atoms with E-state index in [0.717, 1.165) is 45.9 Å². The molecular formula is C30H35ClN6O3. The van der Waals surface area contributed by atoms with E-state index in [1.807, 2.05) is 62.1 Å². The molecule has 0 bridgehead atoms. The van der Waals surface area contributed by atoms with Gasteiger partial charge in [0.25, 0.3) is 0 Å². The Balaban J connectivity index is 1.40. The van der Waals surface area contributed by atoms with E-state index < -0.39 is 11.7 Å². The summed E-state index contributed by atoms with van der Waals surface area (Å²) in [5, 5.41) is 2.25. The molecule has 0 unspecified atom stereocenters. The summed E-state index contributed by atoms with van der Waals surface area (Å²) in [6.45, 7) is 9.79. The molecule has 0 radical (unpaired) electrons. The fourth-order valence-corrected chi connectivity index (χ4v) is 5.52. The van der Waals surface area contributed by atoms with Gasteiger partial charge in [0.1, 0.15) is 17.7 Å². The molecule has 1 aliphatic heterocycles. The first-order chi connectivity index (χ1) is 19.0. The molecule has 0 saturated carbocycles. The molecule has 4 aromatic rings. The van der Waals surface area contributed by atoms with Crippen LogP contribution in [0, 0.1) is 0 Å². The van der Waals surface area contributed by atoms with Crippen LogP contribution in [0.3, 0.4) is 0 Å². The van der Waals surface area contributed by atoms with Gasteiger partial charge in [0.2, 0.25) is 5.91 Å². The normalized spacial score (nSPS) is 16.7. The highest BCUT2D eigenvalue weighted by Gasteiger charge is 2.35. The zero-order valence-electron chi connectivity index (χ0n) is 23.4. The van der Waals surface area contributed by atoms with E-state index in [-0.39, 0.29) is 11.9 Å². The van der Waals surface area contributed by atoms with Crippen molar-refractivity contribution in [2.45, 2.75) is 65.3 Å². The smallest absolute Gasteiger partial charge is 0.419 e. The summed E-state index contributed by atoms with van der Waals surface area (Å²) in [6.07, 6.45) is 2.58. The van der Waals surface area contributed by atoms with Gasteiger partial charge >= 0.3 is 6.09 Å². The van der Waals surface area contributed by atoms with Crippen LogP contribution in [0.2, 0.25) is 5.02 Å². The molecular weight excluding hydrogens is 528 g/mol. The number of piperazine rings is 1. The van der Waals surface area contributed by atoms with Crippen molar-refractivity contribution in [3.8, 4) is 0 Å². The number of fused-ring (bicyclic) bond motifs is 2. The fraction of sp³-hybridized carbons (Fsp3) is 0.400. The van der Waals surface area contributed by atoms with Crippen molar-refractivity contribution in [3.63, 3.8) is 0 Å². The fourth-order valence-electron chi connectivity index (χ4n) is 5.34. The van der Waals surface area contributed by atoms with Crippen LogP contribution in [-0.4, -0.2) is 61.1 Å². The van der Waals surface area contributed by atoms with Crippen LogP contribution >= 0.6 is 11.6 Å². The third kappa shape index (κ3) is 5.76. The monoisotopic (exact) mass is 562 g/mol. The Morgan fingerprint density at radius 3 is 2.65 bits per heavy atom. The number of nitrogen functional groups attached to an aromatic ring is 1. The second kappa shape index (κ2) is 11.1. The lowest BCUT2D eigenvalue weighted by atomic mass is 10.0. The standard InChI is InChI=1S/C30H35ClN6O3/c1-5-6-26-28(38)36(16-19-7-9-23-24(13-19)33-18-34-27(23)32)12-11-35(26)17-22-15-20-14-21(31)8-10-25(20)37(22)29(39)40-30(2,3)4/h7-10,13-15,18,26H,5-6,11-12,16-17H2,1-4H3,(H2,32,33,34)/t26-/m0/s1. The van der Waals surface area contributed by atoms with Crippen LogP contribution in [0.25, 0.3) is 21.8 Å². The number of carbonyl (C=O) groups excluding carboxylic acids is 2. The Hall–Kier alpha value is -3.69. The number of hydrogen-bond acceptors (Lipinski definition) is 7. The number of anilines is 1. The van der Waals surface area contributed by atoms with Crippen molar-refractivity contribution in [1.82, 2.24) is 24.3 Å². The maximum Gasteiger partial charge on any atom is 0.419 e. The van der Waals surface area contributed by atoms with Gasteiger partial charge in [-0.3, -0.25) is 9.69 Å². The molecule has 1 aliphatic rings. The maximum absolute atomic E-state index is 13.8. The number of amides is 1. The van der Waals surface area contributed by atoms with Crippen molar-refractivity contribution in [2.75, 3.05) is 18.8 Å². The molecule has 2 aromatic carbocycles. The lowest BCUT2D eigenvalue weighted by Gasteiger charge is -2.41. The summed E-state index contributed by atoms with van der Waals surface area (Å²) in [4.78, 5) is 39.6. The van der Waals surface area contributed by atoms with Crippen molar-refractivity contribution in [1.29, 1.82) is 0 Å². The van der Waals surface area contributed by atoms with Crippen LogP contribution in [0.15, 0.2) is 48.8 Å². The molecule has 0 aliphatic carbocycles. The number of benzene rings is 2. The van der Waals surface area contributed by atoms with E-state index in [1.165, 1.54) is 6.33 Å². The molecule has 9 nitrogen and oxygen atoms in total. The predicted molar refractivity (Wildman–Crippen MR) is 157 cm³/mol. The van der Waals surface area contributed by atoms with Crippen LogP contribution in [0.5, 0.6) is 0 Å². The second-order valence-corrected chi connectivity index (χ2v) is 11.7. The van der Waals surface area contributed by atoms with Crippen LogP contribution in [0.1, 0.15) is 51.8 Å². The minimum Gasteiger partial charge on any atom is -0.443 e. The maximum atomic E-state index is 13.8. The van der Waals surface area contributed by atoms with Crippen LogP contribution < -0.4 is 5.73 Å². The SMILES string of the molecule is CCC[C@H]1C(=O)N(Cc2ccc3c(N)ncnc3c2)CCN1Cc1cc2cc(Cl)ccc2n1C(=O)OC(C)(C)C. The molecule has 1 amide bonds. The molecule has 3 heterocycles. The lowest BCUT2D eigenvalue weighted by Crippen LogP contribution is -2.56. The zero-order valence-corrected chi connectivity index (χ0v) is 24.1. The van der Waals surface area contributed by atoms with Crippen molar-refractivity contribution >= 4 is 51.2 Å². The van der Waals surface area contributed by atoms with Crippen molar-refractivity contribution < 1.29 is 14.3 Å². The molecule has 1 fully saturated rings. The van der Waals surface area contributed by atoms with E-state index in [1.54, 1.807) is 10.6 Å². The number of halogens is 1. The third-order valence-electron chi connectivity index (χ3n) is 7.14. The highest BCUT2D eigenvalue weighted by Crippen LogP contribution is 2.28. The number of rotatable bonds is 6. The first kappa shape index (κ1) is 27.9. The van der Waals surface area contributed by atoms with E-state index >= 15 is 0 Å². The van der Waals surface area contributed by atoms with Crippen LogP contribution in [0.4, 0.5) is 10.6 Å². The summed E-state index contributed by atoms with van der Waals surface area (Å²) in [5.74, 6) is 0.522. The van der Waals surface area contributed by atoms with Crippen molar-refractivity contribution in [2.24, 2.45) is 0 Å². The van der Waals surface area contributed by atoms with E-state index in [4.69, 9.17) is 22.1 Å². The molecule has 2 aromatic heterocycles. The second-order valence-electron chi connectivity index (χ2n) is 11.3. The zero-order chi connectivity index (χ0) is 28.6. The molecule has 0 spiro atoms. The first-order valence-corrected chi connectivity index (χ1v) is 14.0. The highest BCUT2D eigenvalue weighted by molar-refractivity contribution is 6.31. The number of aromatic nitrogens is 3. The molecule has 10 heteroatoms. The van der Waals surface area contributed by atoms with Gasteiger partial charge in [-0.2, -0.15) is 0 Å². The summed E-state index contributed by atoms with van der Waals surface area (Å²) in [5.41, 5.74) is 8.57. The summed E-state index contributed by atoms with van der Waals surface area (Å²) < 4.78 is 7.36. The van der Waals surface area contributed by atoms with Crippen LogP contribution in [-0.2, 0) is 22.6 Å². The Bertz CT molecular complexity index is 1580. The largest absolute Gasteiger partial charge is 0.443 e. The molecule has 210 valence electrons. The van der Waals surface area contributed by atoms with Gasteiger partial charge in [0, 0.05) is 47.7 Å².